The first-order valence-electron chi connectivity index (χ1n) is 10.2. The van der Waals surface area contributed by atoms with Gasteiger partial charge in [0.2, 0.25) is 5.91 Å². The lowest BCUT2D eigenvalue weighted by Crippen LogP contribution is -2.48. The molecular formula is C21H27N3O3S. The maximum atomic E-state index is 13.0. The van der Waals surface area contributed by atoms with Crippen LogP contribution in [0.3, 0.4) is 0 Å². The molecule has 1 saturated carbocycles. The van der Waals surface area contributed by atoms with E-state index in [9.17, 15) is 14.4 Å². The Morgan fingerprint density at radius 3 is 2.75 bits per heavy atom. The Hall–Kier alpha value is -2.02. The van der Waals surface area contributed by atoms with E-state index in [1.165, 1.54) is 4.90 Å². The number of imide groups is 1. The summed E-state index contributed by atoms with van der Waals surface area (Å²) >= 11 is 1.79. The molecule has 6 nitrogen and oxygen atoms in total. The summed E-state index contributed by atoms with van der Waals surface area (Å²) in [5, 5.41) is 3.35. The molecular weight excluding hydrogens is 374 g/mol. The van der Waals surface area contributed by atoms with Crippen LogP contribution in [0.1, 0.15) is 51.9 Å². The van der Waals surface area contributed by atoms with Gasteiger partial charge < -0.3 is 10.2 Å². The molecule has 3 aliphatic rings. The number of thioether (sulfide) groups is 1. The average molecular weight is 402 g/mol. The number of hydrogen-bond donors (Lipinski definition) is 1. The zero-order chi connectivity index (χ0) is 19.7. The summed E-state index contributed by atoms with van der Waals surface area (Å²) in [4.78, 5) is 42.5. The SMILES string of the molecule is CC1CCN(C(=O)CCN2C(=O)NC3(CCCCC3)C2=O)c2ccccc2S1. The summed E-state index contributed by atoms with van der Waals surface area (Å²) in [7, 11) is 0. The van der Waals surface area contributed by atoms with E-state index in [2.05, 4.69) is 12.2 Å². The predicted molar refractivity (Wildman–Crippen MR) is 109 cm³/mol. The minimum atomic E-state index is -0.723. The molecule has 4 rings (SSSR count). The molecule has 150 valence electrons. The summed E-state index contributed by atoms with van der Waals surface area (Å²) < 4.78 is 0. The van der Waals surface area contributed by atoms with Crippen LogP contribution in [0.15, 0.2) is 29.2 Å². The van der Waals surface area contributed by atoms with Crippen LogP contribution in [0.25, 0.3) is 0 Å². The van der Waals surface area contributed by atoms with Gasteiger partial charge in [-0.25, -0.2) is 4.79 Å². The molecule has 1 aromatic rings. The normalized spacial score (nSPS) is 24.1. The van der Waals surface area contributed by atoms with Gasteiger partial charge in [-0.05, 0) is 31.4 Å². The third-order valence-electron chi connectivity index (χ3n) is 6.05. The van der Waals surface area contributed by atoms with E-state index in [-0.39, 0.29) is 30.8 Å². The Morgan fingerprint density at radius 2 is 1.96 bits per heavy atom. The molecule has 0 radical (unpaired) electrons. The highest BCUT2D eigenvalue weighted by atomic mass is 32.2. The van der Waals surface area contributed by atoms with Gasteiger partial charge in [-0.15, -0.1) is 11.8 Å². The Bertz CT molecular complexity index is 791. The number of urea groups is 1. The van der Waals surface area contributed by atoms with Crippen LogP contribution in [-0.4, -0.2) is 46.6 Å². The molecule has 1 aromatic carbocycles. The summed E-state index contributed by atoms with van der Waals surface area (Å²) in [6, 6.07) is 7.61. The van der Waals surface area contributed by atoms with Gasteiger partial charge in [-0.2, -0.15) is 0 Å². The maximum absolute atomic E-state index is 13.0. The van der Waals surface area contributed by atoms with E-state index in [1.807, 2.05) is 29.2 Å². The van der Waals surface area contributed by atoms with E-state index in [0.29, 0.717) is 24.6 Å². The minimum Gasteiger partial charge on any atom is -0.323 e. The van der Waals surface area contributed by atoms with Crippen molar-refractivity contribution < 1.29 is 14.4 Å². The summed E-state index contributed by atoms with van der Waals surface area (Å²) in [6.07, 6.45) is 5.50. The summed E-state index contributed by atoms with van der Waals surface area (Å²) in [5.41, 5.74) is 0.211. The Morgan fingerprint density at radius 1 is 1.21 bits per heavy atom. The quantitative estimate of drug-likeness (QED) is 0.787. The van der Waals surface area contributed by atoms with Crippen molar-refractivity contribution in [3.8, 4) is 0 Å². The number of benzene rings is 1. The minimum absolute atomic E-state index is 0.0349. The highest BCUT2D eigenvalue weighted by Gasteiger charge is 2.51. The van der Waals surface area contributed by atoms with Crippen molar-refractivity contribution in [2.75, 3.05) is 18.0 Å². The number of hydrogen-bond acceptors (Lipinski definition) is 4. The average Bonchev–Trinajstić information content (AvgIpc) is 2.82. The lowest BCUT2D eigenvalue weighted by atomic mass is 9.82. The van der Waals surface area contributed by atoms with Gasteiger partial charge in [-0.1, -0.05) is 38.3 Å². The molecule has 0 aromatic heterocycles. The van der Waals surface area contributed by atoms with Crippen LogP contribution in [0.5, 0.6) is 0 Å². The van der Waals surface area contributed by atoms with Gasteiger partial charge in [0, 0.05) is 29.7 Å². The van der Waals surface area contributed by atoms with Gasteiger partial charge in [0.05, 0.1) is 5.69 Å². The highest BCUT2D eigenvalue weighted by Crippen LogP contribution is 2.38. The summed E-state index contributed by atoms with van der Waals surface area (Å²) in [6.45, 7) is 2.98. The largest absolute Gasteiger partial charge is 0.325 e. The van der Waals surface area contributed by atoms with Crippen LogP contribution in [0, 0.1) is 0 Å². The van der Waals surface area contributed by atoms with Crippen molar-refractivity contribution in [1.82, 2.24) is 10.2 Å². The molecule has 1 aliphatic carbocycles. The fraction of sp³-hybridized carbons (Fsp3) is 0.571. The second kappa shape index (κ2) is 7.78. The topological polar surface area (TPSA) is 69.7 Å². The second-order valence-electron chi connectivity index (χ2n) is 8.01. The first kappa shape index (κ1) is 19.3. The molecule has 4 amide bonds. The number of carbonyl (C=O) groups excluding carboxylic acids is 3. The van der Waals surface area contributed by atoms with E-state index in [1.54, 1.807) is 11.8 Å². The summed E-state index contributed by atoms with van der Waals surface area (Å²) in [5.74, 6) is -0.183. The number of nitrogens with zero attached hydrogens (tertiary/aromatic N) is 2. The first-order chi connectivity index (χ1) is 13.5. The third-order valence-corrected chi connectivity index (χ3v) is 7.28. The molecule has 1 spiro atoms. The standard InChI is InChI=1S/C21H27N3O3S/c1-15-9-13-23(16-7-3-4-8-17(16)28-15)18(25)10-14-24-19(26)21(22-20(24)27)11-5-2-6-12-21/h3-4,7-8,15H,2,5-6,9-14H2,1H3,(H,22,27). The predicted octanol–water partition coefficient (Wildman–Crippen LogP) is 3.55. The fourth-order valence-corrected chi connectivity index (χ4v) is 5.57. The van der Waals surface area contributed by atoms with Crippen molar-refractivity contribution >= 4 is 35.3 Å². The molecule has 2 aliphatic heterocycles. The molecule has 2 fully saturated rings. The van der Waals surface area contributed by atoms with Crippen LogP contribution < -0.4 is 10.2 Å². The van der Waals surface area contributed by atoms with Gasteiger partial charge in [-0.3, -0.25) is 14.5 Å². The third kappa shape index (κ3) is 3.52. The Labute approximate surface area is 170 Å². The molecule has 1 unspecified atom stereocenters. The molecule has 7 heteroatoms. The number of carbonyl (C=O) groups is 3. The van der Waals surface area contributed by atoms with Gasteiger partial charge >= 0.3 is 6.03 Å². The number of anilines is 1. The smallest absolute Gasteiger partial charge is 0.323 e. The van der Waals surface area contributed by atoms with Crippen molar-refractivity contribution in [2.24, 2.45) is 0 Å². The lowest BCUT2D eigenvalue weighted by Gasteiger charge is -2.30. The van der Waals surface area contributed by atoms with Gasteiger partial charge in [0.15, 0.2) is 0 Å². The monoisotopic (exact) mass is 401 g/mol. The van der Waals surface area contributed by atoms with Crippen LogP contribution in [0.4, 0.5) is 10.5 Å². The molecule has 1 atom stereocenters. The number of rotatable bonds is 3. The van der Waals surface area contributed by atoms with Gasteiger partial charge in [0.1, 0.15) is 5.54 Å². The zero-order valence-electron chi connectivity index (χ0n) is 16.3. The maximum Gasteiger partial charge on any atom is 0.325 e. The molecule has 2 heterocycles. The molecule has 28 heavy (non-hydrogen) atoms. The Balaban J connectivity index is 1.45. The van der Waals surface area contributed by atoms with Crippen LogP contribution in [-0.2, 0) is 9.59 Å². The van der Waals surface area contributed by atoms with Crippen molar-refractivity contribution in [3.05, 3.63) is 24.3 Å². The van der Waals surface area contributed by atoms with Gasteiger partial charge in [0.25, 0.3) is 5.91 Å². The zero-order valence-corrected chi connectivity index (χ0v) is 17.1. The molecule has 1 N–H and O–H groups in total. The highest BCUT2D eigenvalue weighted by molar-refractivity contribution is 8.00. The fourth-order valence-electron chi connectivity index (χ4n) is 4.46. The van der Waals surface area contributed by atoms with E-state index < -0.39 is 5.54 Å². The van der Waals surface area contributed by atoms with E-state index >= 15 is 0 Å². The number of amides is 4. The number of nitrogens with one attached hydrogen (secondary N) is 1. The van der Waals surface area contributed by atoms with Crippen molar-refractivity contribution in [1.29, 1.82) is 0 Å². The van der Waals surface area contributed by atoms with Crippen molar-refractivity contribution in [3.63, 3.8) is 0 Å². The lowest BCUT2D eigenvalue weighted by molar-refractivity contribution is -0.132. The number of para-hydroxylation sites is 1. The van der Waals surface area contributed by atoms with Crippen LogP contribution >= 0.6 is 11.8 Å². The second-order valence-corrected chi connectivity index (χ2v) is 9.49. The van der Waals surface area contributed by atoms with Crippen molar-refractivity contribution in [2.45, 2.75) is 67.6 Å². The van der Waals surface area contributed by atoms with E-state index in [0.717, 1.165) is 36.3 Å². The number of fused-ring (bicyclic) bond motifs is 1. The Kier molecular flexibility index (Phi) is 5.36. The van der Waals surface area contributed by atoms with E-state index in [4.69, 9.17) is 0 Å². The molecule has 0 bridgehead atoms. The molecule has 1 saturated heterocycles. The van der Waals surface area contributed by atoms with Crippen LogP contribution in [0.2, 0.25) is 0 Å². The first-order valence-corrected chi connectivity index (χ1v) is 11.1.